The minimum Gasteiger partial charge on any atom is -0.361 e. The zero-order valence-corrected chi connectivity index (χ0v) is 11.5. The molecule has 1 aromatic heterocycles. The van der Waals surface area contributed by atoms with Crippen molar-refractivity contribution in [3.05, 3.63) is 17.5 Å². The monoisotopic (exact) mass is 273 g/mol. The minimum absolute atomic E-state index is 0.0651. The first-order valence-electron chi connectivity index (χ1n) is 6.04. The van der Waals surface area contributed by atoms with Crippen LogP contribution in [-0.2, 0) is 16.6 Å². The van der Waals surface area contributed by atoms with Crippen molar-refractivity contribution < 1.29 is 12.9 Å². The van der Waals surface area contributed by atoms with Gasteiger partial charge in [0.2, 0.25) is 10.0 Å². The summed E-state index contributed by atoms with van der Waals surface area (Å²) in [6.45, 7) is 4.39. The summed E-state index contributed by atoms with van der Waals surface area (Å²) in [6, 6.07) is 2.00. The van der Waals surface area contributed by atoms with E-state index in [9.17, 15) is 8.42 Å². The van der Waals surface area contributed by atoms with Crippen molar-refractivity contribution in [3.63, 3.8) is 0 Å². The molecule has 1 saturated heterocycles. The summed E-state index contributed by atoms with van der Waals surface area (Å²) >= 11 is 0. The van der Waals surface area contributed by atoms with Crippen LogP contribution in [0.3, 0.4) is 0 Å². The summed E-state index contributed by atoms with van der Waals surface area (Å²) in [5.74, 6) is 0.818. The van der Waals surface area contributed by atoms with Gasteiger partial charge in [0, 0.05) is 31.7 Å². The Morgan fingerprint density at radius 1 is 1.50 bits per heavy atom. The van der Waals surface area contributed by atoms with Crippen LogP contribution in [0.15, 0.2) is 10.6 Å². The van der Waals surface area contributed by atoms with Crippen LogP contribution in [-0.4, -0.2) is 43.9 Å². The number of aromatic nitrogens is 1. The molecule has 18 heavy (non-hydrogen) atoms. The predicted molar refractivity (Wildman–Crippen MR) is 67.5 cm³/mol. The number of sulfonamides is 1. The molecule has 0 atom stereocenters. The van der Waals surface area contributed by atoms with Crippen molar-refractivity contribution in [3.8, 4) is 0 Å². The molecule has 102 valence electrons. The molecule has 1 aliphatic heterocycles. The highest BCUT2D eigenvalue weighted by Gasteiger charge is 2.22. The molecular weight excluding hydrogens is 254 g/mol. The SMILES string of the molecule is Cc1cc(CN2CCC(NS(C)(=O)=O)CC2)no1. The molecule has 0 radical (unpaired) electrons. The van der Waals surface area contributed by atoms with E-state index in [0.29, 0.717) is 0 Å². The van der Waals surface area contributed by atoms with E-state index in [-0.39, 0.29) is 6.04 Å². The van der Waals surface area contributed by atoms with E-state index >= 15 is 0 Å². The highest BCUT2D eigenvalue weighted by molar-refractivity contribution is 7.88. The van der Waals surface area contributed by atoms with E-state index in [1.807, 2.05) is 13.0 Å². The van der Waals surface area contributed by atoms with Gasteiger partial charge in [-0.1, -0.05) is 5.16 Å². The Morgan fingerprint density at radius 3 is 2.67 bits per heavy atom. The van der Waals surface area contributed by atoms with E-state index in [4.69, 9.17) is 4.52 Å². The van der Waals surface area contributed by atoms with Crippen molar-refractivity contribution >= 4 is 10.0 Å². The van der Waals surface area contributed by atoms with E-state index in [1.165, 1.54) is 6.26 Å². The van der Waals surface area contributed by atoms with E-state index in [0.717, 1.165) is 43.9 Å². The van der Waals surface area contributed by atoms with Crippen LogP contribution in [0.2, 0.25) is 0 Å². The predicted octanol–water partition coefficient (Wildman–Crippen LogP) is 0.497. The van der Waals surface area contributed by atoms with E-state index < -0.39 is 10.0 Å². The third kappa shape index (κ3) is 4.08. The standard InChI is InChI=1S/C11H19N3O3S/c1-9-7-11(12-17-9)8-14-5-3-10(4-6-14)13-18(2,15)16/h7,10,13H,3-6,8H2,1-2H3. The summed E-state index contributed by atoms with van der Waals surface area (Å²) in [5.41, 5.74) is 0.932. The van der Waals surface area contributed by atoms with Gasteiger partial charge in [-0.3, -0.25) is 4.90 Å². The maximum Gasteiger partial charge on any atom is 0.208 e. The number of aryl methyl sites for hydroxylation is 1. The van der Waals surface area contributed by atoms with Gasteiger partial charge in [0.05, 0.1) is 11.9 Å². The molecule has 0 amide bonds. The van der Waals surface area contributed by atoms with Gasteiger partial charge in [0.15, 0.2) is 0 Å². The molecule has 0 aliphatic carbocycles. The van der Waals surface area contributed by atoms with Gasteiger partial charge in [0.25, 0.3) is 0 Å². The molecular formula is C11H19N3O3S. The lowest BCUT2D eigenvalue weighted by atomic mass is 10.1. The zero-order chi connectivity index (χ0) is 13.2. The molecule has 0 bridgehead atoms. The quantitative estimate of drug-likeness (QED) is 0.864. The molecule has 1 aromatic rings. The molecule has 2 rings (SSSR count). The topological polar surface area (TPSA) is 75.4 Å². The van der Waals surface area contributed by atoms with Crippen LogP contribution in [0.25, 0.3) is 0 Å². The average Bonchev–Trinajstić information content (AvgIpc) is 2.65. The second-order valence-electron chi connectivity index (χ2n) is 4.87. The third-order valence-electron chi connectivity index (χ3n) is 3.03. The molecule has 0 aromatic carbocycles. The van der Waals surface area contributed by atoms with E-state index in [1.54, 1.807) is 0 Å². The Morgan fingerprint density at radius 2 is 2.17 bits per heavy atom. The Balaban J connectivity index is 1.80. The van der Waals surface area contributed by atoms with Gasteiger partial charge in [0.1, 0.15) is 5.76 Å². The van der Waals surface area contributed by atoms with Crippen LogP contribution in [0.1, 0.15) is 24.3 Å². The highest BCUT2D eigenvalue weighted by atomic mass is 32.2. The molecule has 2 heterocycles. The van der Waals surface area contributed by atoms with Crippen molar-refractivity contribution in [1.29, 1.82) is 0 Å². The molecule has 0 unspecified atom stereocenters. The summed E-state index contributed by atoms with van der Waals surface area (Å²) < 4.78 is 29.9. The van der Waals surface area contributed by atoms with Crippen LogP contribution < -0.4 is 4.72 Å². The number of hydrogen-bond acceptors (Lipinski definition) is 5. The number of rotatable bonds is 4. The fraction of sp³-hybridized carbons (Fsp3) is 0.727. The number of nitrogens with one attached hydrogen (secondary N) is 1. The fourth-order valence-corrected chi connectivity index (χ4v) is 3.07. The zero-order valence-electron chi connectivity index (χ0n) is 10.7. The Bertz CT molecular complexity index is 489. The van der Waals surface area contributed by atoms with Crippen LogP contribution in [0, 0.1) is 6.92 Å². The van der Waals surface area contributed by atoms with Gasteiger partial charge in [-0.25, -0.2) is 13.1 Å². The van der Waals surface area contributed by atoms with Gasteiger partial charge in [-0.2, -0.15) is 0 Å². The van der Waals surface area contributed by atoms with Crippen molar-refractivity contribution in [2.24, 2.45) is 0 Å². The lowest BCUT2D eigenvalue weighted by Gasteiger charge is -2.31. The van der Waals surface area contributed by atoms with Gasteiger partial charge in [-0.15, -0.1) is 0 Å². The number of likely N-dealkylation sites (tertiary alicyclic amines) is 1. The normalized spacial score (nSPS) is 19.2. The number of piperidine rings is 1. The molecule has 1 N–H and O–H groups in total. The van der Waals surface area contributed by atoms with Gasteiger partial charge < -0.3 is 4.52 Å². The largest absolute Gasteiger partial charge is 0.361 e. The minimum atomic E-state index is -3.09. The number of hydrogen-bond donors (Lipinski definition) is 1. The first-order valence-corrected chi connectivity index (χ1v) is 7.93. The second-order valence-corrected chi connectivity index (χ2v) is 6.65. The molecule has 0 saturated carbocycles. The molecule has 1 fully saturated rings. The summed E-state index contributed by atoms with van der Waals surface area (Å²) in [6.07, 6.45) is 2.88. The Kier molecular flexibility index (Phi) is 4.04. The smallest absolute Gasteiger partial charge is 0.208 e. The maximum absolute atomic E-state index is 11.1. The lowest BCUT2D eigenvalue weighted by molar-refractivity contribution is 0.195. The Hall–Kier alpha value is -0.920. The van der Waals surface area contributed by atoms with Crippen molar-refractivity contribution in [1.82, 2.24) is 14.8 Å². The molecule has 6 nitrogen and oxygen atoms in total. The third-order valence-corrected chi connectivity index (χ3v) is 3.79. The van der Waals surface area contributed by atoms with Crippen molar-refractivity contribution in [2.75, 3.05) is 19.3 Å². The lowest BCUT2D eigenvalue weighted by Crippen LogP contribution is -2.43. The first kappa shape index (κ1) is 13.5. The number of nitrogens with zero attached hydrogens (tertiary/aromatic N) is 2. The maximum atomic E-state index is 11.1. The average molecular weight is 273 g/mol. The van der Waals surface area contributed by atoms with E-state index in [2.05, 4.69) is 14.8 Å². The van der Waals surface area contributed by atoms with Gasteiger partial charge >= 0.3 is 0 Å². The fourth-order valence-electron chi connectivity index (χ4n) is 2.23. The summed E-state index contributed by atoms with van der Waals surface area (Å²) in [5, 5.41) is 3.96. The summed E-state index contributed by atoms with van der Waals surface area (Å²) in [7, 11) is -3.09. The Labute approximate surface area is 107 Å². The van der Waals surface area contributed by atoms with Gasteiger partial charge in [-0.05, 0) is 19.8 Å². The van der Waals surface area contributed by atoms with Crippen LogP contribution in [0.5, 0.6) is 0 Å². The van der Waals surface area contributed by atoms with Crippen molar-refractivity contribution in [2.45, 2.75) is 32.4 Å². The molecule has 7 heteroatoms. The highest BCUT2D eigenvalue weighted by Crippen LogP contribution is 2.14. The summed E-state index contributed by atoms with van der Waals surface area (Å²) in [4.78, 5) is 2.26. The second kappa shape index (κ2) is 5.38. The van der Waals surface area contributed by atoms with Crippen LogP contribution in [0.4, 0.5) is 0 Å². The first-order chi connectivity index (χ1) is 8.42. The molecule has 0 spiro atoms. The molecule has 1 aliphatic rings. The van der Waals surface area contributed by atoms with Crippen LogP contribution >= 0.6 is 0 Å².